The molecular formula is C19H19FN2O2. The molecule has 0 aromatic heterocycles. The number of hydrogen-bond acceptors (Lipinski definition) is 2. The molecule has 2 aromatic rings. The Morgan fingerprint density at radius 3 is 2.58 bits per heavy atom. The van der Waals surface area contributed by atoms with Crippen molar-refractivity contribution in [1.82, 2.24) is 4.90 Å². The molecular weight excluding hydrogens is 307 g/mol. The number of aryl methyl sites for hydroxylation is 1. The second-order valence-electron chi connectivity index (χ2n) is 5.94. The molecule has 0 radical (unpaired) electrons. The SMILES string of the molecule is Cc1ccccc1NC(=O)C1CCCN1C(=O)c1ccccc1F. The van der Waals surface area contributed by atoms with Crippen LogP contribution in [-0.2, 0) is 4.79 Å². The van der Waals surface area contributed by atoms with Crippen molar-refractivity contribution in [2.24, 2.45) is 0 Å². The van der Waals surface area contributed by atoms with Crippen molar-refractivity contribution >= 4 is 17.5 Å². The van der Waals surface area contributed by atoms with E-state index < -0.39 is 17.8 Å². The first-order valence-electron chi connectivity index (χ1n) is 8.00. The quantitative estimate of drug-likeness (QED) is 0.940. The normalized spacial score (nSPS) is 16.9. The van der Waals surface area contributed by atoms with Crippen molar-refractivity contribution in [2.75, 3.05) is 11.9 Å². The van der Waals surface area contributed by atoms with Gasteiger partial charge in [0.25, 0.3) is 5.91 Å². The van der Waals surface area contributed by atoms with Gasteiger partial charge in [-0.2, -0.15) is 0 Å². The van der Waals surface area contributed by atoms with Gasteiger partial charge in [0.15, 0.2) is 0 Å². The number of hydrogen-bond donors (Lipinski definition) is 1. The van der Waals surface area contributed by atoms with Crippen LogP contribution >= 0.6 is 0 Å². The highest BCUT2D eigenvalue weighted by Gasteiger charge is 2.35. The Bertz CT molecular complexity index is 775. The van der Waals surface area contributed by atoms with E-state index in [0.717, 1.165) is 17.7 Å². The lowest BCUT2D eigenvalue weighted by atomic mass is 10.1. The zero-order chi connectivity index (χ0) is 17.1. The number of nitrogens with zero attached hydrogens (tertiary/aromatic N) is 1. The number of rotatable bonds is 3. The van der Waals surface area contributed by atoms with Gasteiger partial charge < -0.3 is 10.2 Å². The fourth-order valence-electron chi connectivity index (χ4n) is 3.00. The number of carbonyl (C=O) groups is 2. The summed E-state index contributed by atoms with van der Waals surface area (Å²) in [4.78, 5) is 26.7. The fourth-order valence-corrected chi connectivity index (χ4v) is 3.00. The van der Waals surface area contributed by atoms with E-state index >= 15 is 0 Å². The van der Waals surface area contributed by atoms with Crippen LogP contribution < -0.4 is 5.32 Å². The van der Waals surface area contributed by atoms with Crippen molar-refractivity contribution in [3.63, 3.8) is 0 Å². The lowest BCUT2D eigenvalue weighted by Crippen LogP contribution is -2.43. The van der Waals surface area contributed by atoms with E-state index in [1.165, 1.54) is 17.0 Å². The number of anilines is 1. The van der Waals surface area contributed by atoms with Crippen molar-refractivity contribution in [2.45, 2.75) is 25.8 Å². The third-order valence-electron chi connectivity index (χ3n) is 4.32. The minimum absolute atomic E-state index is 0.00749. The van der Waals surface area contributed by atoms with Crippen LogP contribution in [0.15, 0.2) is 48.5 Å². The molecule has 1 heterocycles. The van der Waals surface area contributed by atoms with Crippen molar-refractivity contribution in [3.8, 4) is 0 Å². The Kier molecular flexibility index (Phi) is 4.60. The highest BCUT2D eigenvalue weighted by Crippen LogP contribution is 2.23. The van der Waals surface area contributed by atoms with Gasteiger partial charge in [0.1, 0.15) is 11.9 Å². The molecule has 0 bridgehead atoms. The lowest BCUT2D eigenvalue weighted by Gasteiger charge is -2.24. The molecule has 2 aromatic carbocycles. The van der Waals surface area contributed by atoms with E-state index in [1.807, 2.05) is 31.2 Å². The van der Waals surface area contributed by atoms with E-state index in [4.69, 9.17) is 0 Å². The highest BCUT2D eigenvalue weighted by molar-refractivity contribution is 6.01. The molecule has 24 heavy (non-hydrogen) atoms. The number of carbonyl (C=O) groups excluding carboxylic acids is 2. The Morgan fingerprint density at radius 2 is 1.83 bits per heavy atom. The highest BCUT2D eigenvalue weighted by atomic mass is 19.1. The molecule has 4 nitrogen and oxygen atoms in total. The van der Waals surface area contributed by atoms with Crippen LogP contribution in [-0.4, -0.2) is 29.3 Å². The standard InChI is InChI=1S/C19H19FN2O2/c1-13-7-2-5-10-16(13)21-18(23)17-11-6-12-22(17)19(24)14-8-3-4-9-15(14)20/h2-5,7-10,17H,6,11-12H2,1H3,(H,21,23). The minimum atomic E-state index is -0.572. The Balaban J connectivity index is 1.78. The Labute approximate surface area is 140 Å². The summed E-state index contributed by atoms with van der Waals surface area (Å²) in [6.45, 7) is 2.37. The molecule has 1 fully saturated rings. The molecule has 1 saturated heterocycles. The van der Waals surface area contributed by atoms with Crippen LogP contribution in [0.3, 0.4) is 0 Å². The lowest BCUT2D eigenvalue weighted by molar-refractivity contribution is -0.119. The molecule has 5 heteroatoms. The number of benzene rings is 2. The van der Waals surface area contributed by atoms with E-state index in [9.17, 15) is 14.0 Å². The first-order valence-corrected chi connectivity index (χ1v) is 8.00. The summed E-state index contributed by atoms with van der Waals surface area (Å²) >= 11 is 0. The summed E-state index contributed by atoms with van der Waals surface area (Å²) in [5, 5.41) is 2.88. The van der Waals surface area contributed by atoms with E-state index in [-0.39, 0.29) is 11.5 Å². The zero-order valence-corrected chi connectivity index (χ0v) is 13.5. The third kappa shape index (κ3) is 3.15. The zero-order valence-electron chi connectivity index (χ0n) is 13.5. The predicted molar refractivity (Wildman–Crippen MR) is 90.3 cm³/mol. The number of nitrogens with one attached hydrogen (secondary N) is 1. The van der Waals surface area contributed by atoms with Gasteiger partial charge in [-0.15, -0.1) is 0 Å². The van der Waals surface area contributed by atoms with Crippen LogP contribution in [0.5, 0.6) is 0 Å². The third-order valence-corrected chi connectivity index (χ3v) is 4.32. The molecule has 124 valence electrons. The van der Waals surface area contributed by atoms with Gasteiger partial charge >= 0.3 is 0 Å². The molecule has 1 aliphatic heterocycles. The number of para-hydroxylation sites is 1. The second kappa shape index (κ2) is 6.83. The summed E-state index contributed by atoms with van der Waals surface area (Å²) in [7, 11) is 0. The Hall–Kier alpha value is -2.69. The maximum atomic E-state index is 13.9. The average molecular weight is 326 g/mol. The summed E-state index contributed by atoms with van der Waals surface area (Å²) in [5.41, 5.74) is 1.69. The van der Waals surface area contributed by atoms with Crippen LogP contribution in [0, 0.1) is 12.7 Å². The number of halogens is 1. The number of likely N-dealkylation sites (tertiary alicyclic amines) is 1. The first-order chi connectivity index (χ1) is 11.6. The van der Waals surface area contributed by atoms with Gasteiger partial charge in [0.2, 0.25) is 5.91 Å². The smallest absolute Gasteiger partial charge is 0.257 e. The maximum Gasteiger partial charge on any atom is 0.257 e. The molecule has 3 rings (SSSR count). The van der Waals surface area contributed by atoms with Gasteiger partial charge in [0.05, 0.1) is 5.56 Å². The van der Waals surface area contributed by atoms with Crippen LogP contribution in [0.25, 0.3) is 0 Å². The van der Waals surface area contributed by atoms with Crippen LogP contribution in [0.2, 0.25) is 0 Å². The summed E-state index contributed by atoms with van der Waals surface area (Å²) in [6, 6.07) is 12.8. The first kappa shape index (κ1) is 16.2. The Morgan fingerprint density at radius 1 is 1.12 bits per heavy atom. The van der Waals surface area contributed by atoms with Crippen molar-refractivity contribution < 1.29 is 14.0 Å². The molecule has 1 atom stereocenters. The van der Waals surface area contributed by atoms with Gasteiger partial charge in [-0.1, -0.05) is 30.3 Å². The molecule has 0 spiro atoms. The topological polar surface area (TPSA) is 49.4 Å². The predicted octanol–water partition coefficient (Wildman–Crippen LogP) is 3.38. The largest absolute Gasteiger partial charge is 0.327 e. The number of amides is 2. The second-order valence-corrected chi connectivity index (χ2v) is 5.94. The molecule has 2 amide bonds. The monoisotopic (exact) mass is 326 g/mol. The summed E-state index contributed by atoms with van der Waals surface area (Å²) in [5.74, 6) is -1.23. The summed E-state index contributed by atoms with van der Waals surface area (Å²) in [6.07, 6.45) is 1.31. The molecule has 0 saturated carbocycles. The van der Waals surface area contributed by atoms with Crippen molar-refractivity contribution in [1.29, 1.82) is 0 Å². The minimum Gasteiger partial charge on any atom is -0.327 e. The average Bonchev–Trinajstić information content (AvgIpc) is 3.06. The molecule has 1 N–H and O–H groups in total. The van der Waals surface area contributed by atoms with Gasteiger partial charge in [-0.25, -0.2) is 4.39 Å². The molecule has 1 aliphatic rings. The van der Waals surface area contributed by atoms with Crippen molar-refractivity contribution in [3.05, 3.63) is 65.5 Å². The molecule has 1 unspecified atom stereocenters. The van der Waals surface area contributed by atoms with Gasteiger partial charge in [-0.3, -0.25) is 9.59 Å². The van der Waals surface area contributed by atoms with E-state index in [1.54, 1.807) is 12.1 Å². The molecule has 0 aliphatic carbocycles. The fraction of sp³-hybridized carbons (Fsp3) is 0.263. The van der Waals surface area contributed by atoms with Crippen LogP contribution in [0.1, 0.15) is 28.8 Å². The van der Waals surface area contributed by atoms with E-state index in [0.29, 0.717) is 13.0 Å². The summed E-state index contributed by atoms with van der Waals surface area (Å²) < 4.78 is 13.9. The van der Waals surface area contributed by atoms with Gasteiger partial charge in [0, 0.05) is 12.2 Å². The van der Waals surface area contributed by atoms with Gasteiger partial charge in [-0.05, 0) is 43.5 Å². The van der Waals surface area contributed by atoms with E-state index in [2.05, 4.69) is 5.32 Å². The maximum absolute atomic E-state index is 13.9. The van der Waals surface area contributed by atoms with Crippen LogP contribution in [0.4, 0.5) is 10.1 Å².